The van der Waals surface area contributed by atoms with Gasteiger partial charge in [0, 0.05) is 0 Å². The van der Waals surface area contributed by atoms with E-state index in [0.717, 1.165) is 0 Å². The largest absolute Gasteiger partial charge is 0.366 e. The van der Waals surface area contributed by atoms with Gasteiger partial charge < -0.3 is 20.4 Å². The van der Waals surface area contributed by atoms with Crippen LogP contribution in [0.15, 0.2) is 0 Å². The van der Waals surface area contributed by atoms with E-state index in [1.807, 2.05) is 0 Å². The Morgan fingerprint density at radius 1 is 0.571 bits per heavy atom. The molecule has 0 atom stereocenters. The quantitative estimate of drug-likeness (QED) is 0.519. The molecule has 0 fully saturated rings. The van der Waals surface area contributed by atoms with Crippen LogP contribution in [0.1, 0.15) is 53.4 Å². The van der Waals surface area contributed by atoms with E-state index in [4.69, 9.17) is 20.4 Å². The molecule has 0 saturated heterocycles. The van der Waals surface area contributed by atoms with Crippen LogP contribution in [-0.4, -0.2) is 32.0 Å². The van der Waals surface area contributed by atoms with Crippen LogP contribution in [0.3, 0.4) is 0 Å². The highest BCUT2D eigenvalue weighted by Gasteiger charge is 2.15. The molecule has 0 unspecified atom stereocenters. The molecule has 0 rings (SSSR count). The van der Waals surface area contributed by atoms with Crippen LogP contribution in [0.25, 0.3) is 0 Å². The molecule has 0 aromatic rings. The van der Waals surface area contributed by atoms with E-state index in [-0.39, 0.29) is 0 Å². The molecule has 0 radical (unpaired) electrons. The number of rotatable bonds is 4. The van der Waals surface area contributed by atoms with E-state index in [2.05, 4.69) is 0 Å². The molecule has 4 N–H and O–H groups in total. The highest BCUT2D eigenvalue weighted by molar-refractivity contribution is 4.56. The molecule has 0 aliphatic carbocycles. The molecule has 4 heteroatoms. The molecule has 0 aliphatic rings. The van der Waals surface area contributed by atoms with Crippen LogP contribution < -0.4 is 0 Å². The molecule has 4 nitrogen and oxygen atoms in total. The number of hydrogen-bond donors (Lipinski definition) is 4. The molecule has 0 heterocycles. The highest BCUT2D eigenvalue weighted by atomic mass is 16.5. The van der Waals surface area contributed by atoms with Gasteiger partial charge in [0.2, 0.25) is 0 Å². The zero-order valence-corrected chi connectivity index (χ0v) is 9.62. The van der Waals surface area contributed by atoms with E-state index in [9.17, 15) is 0 Å². The van der Waals surface area contributed by atoms with Gasteiger partial charge in [-0.25, -0.2) is 0 Å². The Morgan fingerprint density at radius 3 is 0.714 bits per heavy atom. The van der Waals surface area contributed by atoms with E-state index in [0.29, 0.717) is 25.7 Å². The van der Waals surface area contributed by atoms with Gasteiger partial charge in [0.1, 0.15) is 0 Å². The highest BCUT2D eigenvalue weighted by Crippen LogP contribution is 2.08. The summed E-state index contributed by atoms with van der Waals surface area (Å²) in [7, 11) is 0. The zero-order valence-electron chi connectivity index (χ0n) is 9.62. The van der Waals surface area contributed by atoms with Gasteiger partial charge >= 0.3 is 0 Å². The first-order chi connectivity index (χ1) is 6.24. The Bertz CT molecular complexity index is 104. The van der Waals surface area contributed by atoms with Crippen molar-refractivity contribution in [3.63, 3.8) is 0 Å². The van der Waals surface area contributed by atoms with Crippen LogP contribution >= 0.6 is 0 Å². The third-order valence-electron chi connectivity index (χ3n) is 2.26. The van der Waals surface area contributed by atoms with Crippen LogP contribution in [-0.2, 0) is 0 Å². The first kappa shape index (κ1) is 16.3. The van der Waals surface area contributed by atoms with Gasteiger partial charge in [0.15, 0.2) is 11.6 Å². The average molecular weight is 208 g/mol. The van der Waals surface area contributed by atoms with Gasteiger partial charge in [0.25, 0.3) is 0 Å². The van der Waals surface area contributed by atoms with Crippen LogP contribution in [0.5, 0.6) is 0 Å². The smallest absolute Gasteiger partial charge is 0.161 e. The second kappa shape index (κ2) is 7.17. The SMILES string of the molecule is CCC(O)(O)CC.CCC(O)(O)CC. The van der Waals surface area contributed by atoms with Crippen molar-refractivity contribution in [1.29, 1.82) is 0 Å². The van der Waals surface area contributed by atoms with Crippen molar-refractivity contribution >= 4 is 0 Å². The average Bonchev–Trinajstić information content (AvgIpc) is 2.19. The minimum Gasteiger partial charge on any atom is -0.366 e. The molecule has 14 heavy (non-hydrogen) atoms. The molecule has 88 valence electrons. The zero-order chi connectivity index (χ0) is 11.8. The maximum absolute atomic E-state index is 8.69. The topological polar surface area (TPSA) is 80.9 Å². The van der Waals surface area contributed by atoms with Crippen molar-refractivity contribution in [1.82, 2.24) is 0 Å². The fourth-order valence-electron chi connectivity index (χ4n) is 0.500. The monoisotopic (exact) mass is 208 g/mol. The first-order valence-electron chi connectivity index (χ1n) is 5.14. The molecule has 0 aliphatic heterocycles. The van der Waals surface area contributed by atoms with Crippen molar-refractivity contribution in [2.24, 2.45) is 0 Å². The Balaban J connectivity index is 0. The molecule has 0 spiro atoms. The summed E-state index contributed by atoms with van der Waals surface area (Å²) < 4.78 is 0. The Kier molecular flexibility index (Phi) is 8.34. The first-order valence-corrected chi connectivity index (χ1v) is 5.14. The van der Waals surface area contributed by atoms with E-state index < -0.39 is 11.6 Å². The standard InChI is InChI=1S/2C5H12O2/c2*1-3-5(6,7)4-2/h2*6-7H,3-4H2,1-2H3. The molecule has 0 amide bonds. The summed E-state index contributed by atoms with van der Waals surface area (Å²) in [6, 6.07) is 0. The maximum atomic E-state index is 8.69. The second-order valence-electron chi connectivity index (χ2n) is 3.38. The van der Waals surface area contributed by atoms with Crippen LogP contribution in [0.4, 0.5) is 0 Å². The van der Waals surface area contributed by atoms with E-state index >= 15 is 0 Å². The minimum absolute atomic E-state index is 0.406. The Hall–Kier alpha value is -0.160. The van der Waals surface area contributed by atoms with Crippen molar-refractivity contribution in [2.75, 3.05) is 0 Å². The Labute approximate surface area is 86.2 Å². The van der Waals surface area contributed by atoms with Crippen LogP contribution in [0.2, 0.25) is 0 Å². The second-order valence-corrected chi connectivity index (χ2v) is 3.38. The lowest BCUT2D eigenvalue weighted by Crippen LogP contribution is -2.24. The van der Waals surface area contributed by atoms with Gasteiger partial charge in [-0.3, -0.25) is 0 Å². The van der Waals surface area contributed by atoms with Gasteiger partial charge in [0.05, 0.1) is 0 Å². The fourth-order valence-corrected chi connectivity index (χ4v) is 0.500. The van der Waals surface area contributed by atoms with E-state index in [1.54, 1.807) is 27.7 Å². The van der Waals surface area contributed by atoms with Crippen molar-refractivity contribution in [3.8, 4) is 0 Å². The number of aliphatic hydroxyl groups is 4. The summed E-state index contributed by atoms with van der Waals surface area (Å²) in [5.74, 6) is -2.83. The lowest BCUT2D eigenvalue weighted by molar-refractivity contribution is -0.164. The molecule has 0 saturated carbocycles. The summed E-state index contributed by atoms with van der Waals surface area (Å²) in [6.45, 7) is 6.96. The van der Waals surface area contributed by atoms with Gasteiger partial charge in [-0.1, -0.05) is 27.7 Å². The summed E-state index contributed by atoms with van der Waals surface area (Å²) >= 11 is 0. The van der Waals surface area contributed by atoms with Crippen molar-refractivity contribution in [3.05, 3.63) is 0 Å². The van der Waals surface area contributed by atoms with Crippen molar-refractivity contribution < 1.29 is 20.4 Å². The number of hydrogen-bond acceptors (Lipinski definition) is 4. The van der Waals surface area contributed by atoms with Gasteiger partial charge in [-0.05, 0) is 25.7 Å². The Morgan fingerprint density at radius 2 is 0.714 bits per heavy atom. The predicted molar refractivity (Wildman–Crippen MR) is 55.5 cm³/mol. The van der Waals surface area contributed by atoms with Crippen LogP contribution in [0, 0.1) is 0 Å². The van der Waals surface area contributed by atoms with E-state index in [1.165, 1.54) is 0 Å². The van der Waals surface area contributed by atoms with Gasteiger partial charge in [-0.15, -0.1) is 0 Å². The molecule has 0 aromatic carbocycles. The summed E-state index contributed by atoms with van der Waals surface area (Å²) in [5.41, 5.74) is 0. The van der Waals surface area contributed by atoms with Crippen molar-refractivity contribution in [2.45, 2.75) is 65.0 Å². The molecular weight excluding hydrogens is 184 g/mol. The molecular formula is C10H24O4. The summed E-state index contributed by atoms with van der Waals surface area (Å²) in [6.07, 6.45) is 1.62. The minimum atomic E-state index is -1.42. The maximum Gasteiger partial charge on any atom is 0.161 e. The molecule has 0 aromatic heterocycles. The lowest BCUT2D eigenvalue weighted by atomic mass is 10.2. The third-order valence-corrected chi connectivity index (χ3v) is 2.26. The fraction of sp³-hybridized carbons (Fsp3) is 1.00. The normalized spacial score (nSPS) is 12.0. The summed E-state index contributed by atoms with van der Waals surface area (Å²) in [5, 5.41) is 34.8. The van der Waals surface area contributed by atoms with Gasteiger partial charge in [-0.2, -0.15) is 0 Å². The predicted octanol–water partition coefficient (Wildman–Crippen LogP) is 0.975. The molecule has 0 bridgehead atoms. The third kappa shape index (κ3) is 9.92. The summed E-state index contributed by atoms with van der Waals surface area (Å²) in [4.78, 5) is 0. The lowest BCUT2D eigenvalue weighted by Gasteiger charge is -2.15.